The minimum atomic E-state index is -0.530. The second-order valence-electron chi connectivity index (χ2n) is 4.37. The number of hydrogen-bond donors (Lipinski definition) is 0. The molecule has 0 aliphatic carbocycles. The molecule has 0 aromatic carbocycles. The topological polar surface area (TPSA) is 62.5 Å². The Labute approximate surface area is 104 Å². The van der Waals surface area contributed by atoms with Crippen molar-refractivity contribution < 1.29 is 9.31 Å². The van der Waals surface area contributed by atoms with Crippen molar-refractivity contribution in [3.8, 4) is 0 Å². The summed E-state index contributed by atoms with van der Waals surface area (Å²) in [5.74, 6) is -0.171. The van der Waals surface area contributed by atoms with E-state index < -0.39 is 11.6 Å². The van der Waals surface area contributed by atoms with Crippen LogP contribution in [0.4, 0.5) is 15.9 Å². The van der Waals surface area contributed by atoms with Crippen molar-refractivity contribution in [2.75, 3.05) is 38.3 Å². The van der Waals surface area contributed by atoms with Crippen LogP contribution in [0.3, 0.4) is 0 Å². The van der Waals surface area contributed by atoms with Crippen molar-refractivity contribution in [2.24, 2.45) is 0 Å². The second-order valence-corrected chi connectivity index (χ2v) is 4.37. The Morgan fingerprint density at radius 1 is 1.56 bits per heavy atom. The lowest BCUT2D eigenvalue weighted by molar-refractivity contribution is -0.389. The molecule has 2 heterocycles. The van der Waals surface area contributed by atoms with Gasteiger partial charge in [-0.3, -0.25) is 4.90 Å². The molecular weight excluding hydrogens is 239 g/mol. The maximum atomic E-state index is 12.8. The zero-order valence-electron chi connectivity index (χ0n) is 10.1. The van der Waals surface area contributed by atoms with E-state index in [1.54, 1.807) is 6.07 Å². The van der Waals surface area contributed by atoms with E-state index in [0.717, 1.165) is 18.8 Å². The van der Waals surface area contributed by atoms with Gasteiger partial charge in [0.1, 0.15) is 6.67 Å². The normalized spacial score (nSPS) is 21.0. The number of piperazine rings is 1. The van der Waals surface area contributed by atoms with E-state index in [-0.39, 0.29) is 11.9 Å². The Kier molecular flexibility index (Phi) is 3.71. The number of halogens is 1. The Hall–Kier alpha value is -1.76. The highest BCUT2D eigenvalue weighted by atomic mass is 19.1. The van der Waals surface area contributed by atoms with Crippen LogP contribution in [0, 0.1) is 10.1 Å². The van der Waals surface area contributed by atoms with Crippen molar-refractivity contribution >= 4 is 11.5 Å². The first-order chi connectivity index (χ1) is 8.61. The fraction of sp³-hybridized carbons (Fsp3) is 0.545. The molecule has 6 nitrogen and oxygen atoms in total. The first kappa shape index (κ1) is 12.7. The predicted octanol–water partition coefficient (Wildman–Crippen LogP) is 1.08. The monoisotopic (exact) mass is 254 g/mol. The molecule has 0 spiro atoms. The van der Waals surface area contributed by atoms with Gasteiger partial charge in [-0.1, -0.05) is 0 Å². The van der Waals surface area contributed by atoms with E-state index in [2.05, 4.69) is 4.98 Å². The van der Waals surface area contributed by atoms with Gasteiger partial charge in [-0.15, -0.1) is 0 Å². The first-order valence-electron chi connectivity index (χ1n) is 5.73. The van der Waals surface area contributed by atoms with Gasteiger partial charge in [-0.05, 0) is 23.0 Å². The largest absolute Gasteiger partial charge is 0.366 e. The van der Waals surface area contributed by atoms with Crippen LogP contribution in [0.15, 0.2) is 18.3 Å². The SMILES string of the molecule is CN1CCN(c2ccc([N+](=O)[O-])nc2)C[C@@H]1CF. The third kappa shape index (κ3) is 2.56. The highest BCUT2D eigenvalue weighted by Crippen LogP contribution is 2.19. The number of likely N-dealkylation sites (N-methyl/N-ethyl adjacent to an activating group) is 1. The summed E-state index contributed by atoms with van der Waals surface area (Å²) in [6.45, 7) is 1.72. The number of hydrogen-bond acceptors (Lipinski definition) is 5. The fourth-order valence-electron chi connectivity index (χ4n) is 2.02. The van der Waals surface area contributed by atoms with Crippen LogP contribution < -0.4 is 4.90 Å². The van der Waals surface area contributed by atoms with Crippen molar-refractivity contribution in [1.82, 2.24) is 9.88 Å². The molecule has 0 unspecified atom stereocenters. The summed E-state index contributed by atoms with van der Waals surface area (Å²) >= 11 is 0. The van der Waals surface area contributed by atoms with Gasteiger partial charge in [0.2, 0.25) is 0 Å². The summed E-state index contributed by atoms with van der Waals surface area (Å²) in [6.07, 6.45) is 1.47. The minimum absolute atomic E-state index is 0.131. The van der Waals surface area contributed by atoms with Gasteiger partial charge in [0, 0.05) is 25.7 Å². The summed E-state index contributed by atoms with van der Waals surface area (Å²) < 4.78 is 12.8. The number of aromatic nitrogens is 1. The molecule has 1 aromatic rings. The molecule has 1 aliphatic heterocycles. The molecule has 1 aliphatic rings. The smallest absolute Gasteiger partial charge is 0.363 e. The molecule has 1 aromatic heterocycles. The number of nitro groups is 1. The lowest BCUT2D eigenvalue weighted by Crippen LogP contribution is -2.52. The van der Waals surface area contributed by atoms with Crippen molar-refractivity contribution in [1.29, 1.82) is 0 Å². The maximum absolute atomic E-state index is 12.8. The predicted molar refractivity (Wildman–Crippen MR) is 65.5 cm³/mol. The zero-order valence-corrected chi connectivity index (χ0v) is 10.1. The van der Waals surface area contributed by atoms with Crippen molar-refractivity contribution in [3.05, 3.63) is 28.4 Å². The summed E-state index contributed by atoms with van der Waals surface area (Å²) in [4.78, 5) is 17.7. The first-order valence-corrected chi connectivity index (χ1v) is 5.73. The van der Waals surface area contributed by atoms with Gasteiger partial charge in [-0.2, -0.15) is 0 Å². The molecule has 18 heavy (non-hydrogen) atoms. The molecule has 0 radical (unpaired) electrons. The van der Waals surface area contributed by atoms with Gasteiger partial charge >= 0.3 is 5.82 Å². The number of rotatable bonds is 3. The van der Waals surface area contributed by atoms with Gasteiger partial charge in [0.25, 0.3) is 0 Å². The Morgan fingerprint density at radius 3 is 2.89 bits per heavy atom. The Balaban J connectivity index is 2.09. The van der Waals surface area contributed by atoms with E-state index in [0.29, 0.717) is 6.54 Å². The molecule has 0 saturated carbocycles. The highest BCUT2D eigenvalue weighted by molar-refractivity contribution is 5.47. The molecule has 1 fully saturated rings. The van der Waals surface area contributed by atoms with Crippen LogP contribution in [0.25, 0.3) is 0 Å². The average molecular weight is 254 g/mol. The lowest BCUT2D eigenvalue weighted by atomic mass is 10.2. The third-order valence-corrected chi connectivity index (χ3v) is 3.24. The highest BCUT2D eigenvalue weighted by Gasteiger charge is 2.25. The molecule has 0 amide bonds. The molecule has 1 saturated heterocycles. The summed E-state index contributed by atoms with van der Waals surface area (Å²) in [5, 5.41) is 10.5. The van der Waals surface area contributed by atoms with Gasteiger partial charge < -0.3 is 15.0 Å². The van der Waals surface area contributed by atoms with E-state index in [1.165, 1.54) is 12.3 Å². The number of pyridine rings is 1. The van der Waals surface area contributed by atoms with E-state index >= 15 is 0 Å². The number of alkyl halides is 1. The van der Waals surface area contributed by atoms with Crippen molar-refractivity contribution in [2.45, 2.75) is 6.04 Å². The number of nitrogens with zero attached hydrogens (tertiary/aromatic N) is 4. The maximum Gasteiger partial charge on any atom is 0.363 e. The third-order valence-electron chi connectivity index (χ3n) is 3.24. The van der Waals surface area contributed by atoms with Crippen molar-refractivity contribution in [3.63, 3.8) is 0 Å². The van der Waals surface area contributed by atoms with Gasteiger partial charge in [0.05, 0.1) is 11.7 Å². The van der Waals surface area contributed by atoms with E-state index in [1.807, 2.05) is 16.8 Å². The summed E-state index contributed by atoms with van der Waals surface area (Å²) in [5.41, 5.74) is 0.798. The fourth-order valence-corrected chi connectivity index (χ4v) is 2.02. The molecule has 1 atom stereocenters. The Morgan fingerprint density at radius 2 is 2.33 bits per heavy atom. The molecule has 7 heteroatoms. The van der Waals surface area contributed by atoms with Crippen LogP contribution in [0.5, 0.6) is 0 Å². The second kappa shape index (κ2) is 5.26. The van der Waals surface area contributed by atoms with Crippen LogP contribution >= 0.6 is 0 Å². The molecule has 0 bridgehead atoms. The molecule has 98 valence electrons. The van der Waals surface area contributed by atoms with Crippen LogP contribution in [-0.2, 0) is 0 Å². The Bertz CT molecular complexity index is 426. The van der Waals surface area contributed by atoms with Gasteiger partial charge in [-0.25, -0.2) is 4.39 Å². The molecule has 2 rings (SSSR count). The molecular formula is C11H15FN4O2. The number of anilines is 1. The minimum Gasteiger partial charge on any atom is -0.366 e. The van der Waals surface area contributed by atoms with Crippen LogP contribution in [-0.4, -0.2) is 54.2 Å². The van der Waals surface area contributed by atoms with Gasteiger partial charge in [0.15, 0.2) is 6.20 Å². The summed E-state index contributed by atoms with van der Waals surface area (Å²) in [7, 11) is 1.90. The van der Waals surface area contributed by atoms with Crippen LogP contribution in [0.2, 0.25) is 0 Å². The quantitative estimate of drug-likeness (QED) is 0.596. The lowest BCUT2D eigenvalue weighted by Gasteiger charge is -2.38. The van der Waals surface area contributed by atoms with Crippen LogP contribution in [0.1, 0.15) is 0 Å². The standard InChI is InChI=1S/C11H15FN4O2/c1-14-4-5-15(8-10(14)6-12)9-2-3-11(13-7-9)16(17)18/h2-3,7,10H,4-6,8H2,1H3/t10-/m0/s1. The zero-order chi connectivity index (χ0) is 13.1. The van der Waals surface area contributed by atoms with E-state index in [4.69, 9.17) is 0 Å². The summed E-state index contributed by atoms with van der Waals surface area (Å²) in [6, 6.07) is 2.90. The van der Waals surface area contributed by atoms with E-state index in [9.17, 15) is 14.5 Å². The average Bonchev–Trinajstić information content (AvgIpc) is 2.39. The molecule has 0 N–H and O–H groups in total.